The first-order valence-corrected chi connectivity index (χ1v) is 8.57. The zero-order chi connectivity index (χ0) is 18.5. The van der Waals surface area contributed by atoms with Crippen LogP contribution >= 0.6 is 11.3 Å². The lowest BCUT2D eigenvalue weighted by Crippen LogP contribution is -2.19. The summed E-state index contributed by atoms with van der Waals surface area (Å²) in [6, 6.07) is 10.3. The predicted octanol–water partition coefficient (Wildman–Crippen LogP) is 3.14. The number of anilines is 1. The third-order valence-corrected chi connectivity index (χ3v) is 4.56. The van der Waals surface area contributed by atoms with Gasteiger partial charge in [-0.15, -0.1) is 0 Å². The molecule has 0 bridgehead atoms. The van der Waals surface area contributed by atoms with Crippen LogP contribution in [0.25, 0.3) is 0 Å². The van der Waals surface area contributed by atoms with E-state index in [9.17, 15) is 9.59 Å². The maximum atomic E-state index is 12.8. The molecule has 0 aliphatic carbocycles. The van der Waals surface area contributed by atoms with Crippen LogP contribution in [0, 0.1) is 6.92 Å². The summed E-state index contributed by atoms with van der Waals surface area (Å²) in [6.07, 6.45) is 3.12. The number of nitrogens with zero attached hydrogens (tertiary/aromatic N) is 4. The molecule has 0 spiro atoms. The van der Waals surface area contributed by atoms with Crippen LogP contribution in [0.1, 0.15) is 38.5 Å². The van der Waals surface area contributed by atoms with Gasteiger partial charge in [0.15, 0.2) is 11.5 Å². The molecule has 0 saturated carbocycles. The number of nitrogens with one attached hydrogen (secondary N) is 1. The van der Waals surface area contributed by atoms with Gasteiger partial charge in [-0.25, -0.2) is 4.98 Å². The number of pyridine rings is 2. The zero-order valence-corrected chi connectivity index (χ0v) is 14.9. The third kappa shape index (κ3) is 3.86. The topological polar surface area (TPSA) is 97.2 Å². The SMILES string of the molecule is CC(=O)c1sc(N/N=C(\C(=O)c2ccccn2)c2ccccn2)nc1C. The van der Waals surface area contributed by atoms with Gasteiger partial charge >= 0.3 is 0 Å². The number of rotatable bonds is 6. The van der Waals surface area contributed by atoms with E-state index in [0.29, 0.717) is 21.4 Å². The quantitative estimate of drug-likeness (QED) is 0.409. The summed E-state index contributed by atoms with van der Waals surface area (Å²) in [5.41, 5.74) is 4.17. The Hall–Kier alpha value is -3.26. The summed E-state index contributed by atoms with van der Waals surface area (Å²) >= 11 is 1.19. The minimum atomic E-state index is -0.364. The van der Waals surface area contributed by atoms with Crippen molar-refractivity contribution in [3.63, 3.8) is 0 Å². The zero-order valence-electron chi connectivity index (χ0n) is 14.1. The number of hydrazone groups is 1. The molecule has 0 aliphatic heterocycles. The molecule has 0 amide bonds. The van der Waals surface area contributed by atoms with E-state index in [4.69, 9.17) is 0 Å². The second kappa shape index (κ2) is 7.75. The molecule has 3 aromatic heterocycles. The fraction of sp³-hybridized carbons (Fsp3) is 0.111. The highest BCUT2D eigenvalue weighted by Gasteiger charge is 2.19. The Balaban J connectivity index is 1.96. The van der Waals surface area contributed by atoms with Crippen molar-refractivity contribution >= 4 is 33.7 Å². The van der Waals surface area contributed by atoms with Gasteiger partial charge in [0.05, 0.1) is 16.3 Å². The molecule has 0 radical (unpaired) electrons. The summed E-state index contributed by atoms with van der Waals surface area (Å²) in [6.45, 7) is 3.23. The highest BCUT2D eigenvalue weighted by molar-refractivity contribution is 7.17. The lowest BCUT2D eigenvalue weighted by molar-refractivity contribution is 0.101. The van der Waals surface area contributed by atoms with Crippen molar-refractivity contribution in [2.24, 2.45) is 5.10 Å². The first-order chi connectivity index (χ1) is 12.6. The Labute approximate surface area is 153 Å². The van der Waals surface area contributed by atoms with Crippen molar-refractivity contribution in [1.29, 1.82) is 0 Å². The Morgan fingerprint density at radius 1 is 1.04 bits per heavy atom. The van der Waals surface area contributed by atoms with E-state index in [-0.39, 0.29) is 23.0 Å². The number of hydrogen-bond donors (Lipinski definition) is 1. The number of carbonyl (C=O) groups is 2. The molecule has 0 aliphatic rings. The fourth-order valence-corrected chi connectivity index (χ4v) is 3.02. The van der Waals surface area contributed by atoms with Gasteiger partial charge in [0.2, 0.25) is 10.9 Å². The second-order valence-electron chi connectivity index (χ2n) is 5.32. The maximum absolute atomic E-state index is 12.8. The van der Waals surface area contributed by atoms with Gasteiger partial charge in [-0.05, 0) is 31.2 Å². The molecule has 3 rings (SSSR count). The Bertz CT molecular complexity index is 968. The molecule has 0 atom stereocenters. The van der Waals surface area contributed by atoms with Crippen molar-refractivity contribution in [2.75, 3.05) is 5.43 Å². The normalized spacial score (nSPS) is 11.2. The molecule has 130 valence electrons. The van der Waals surface area contributed by atoms with Crippen LogP contribution in [-0.4, -0.2) is 32.2 Å². The van der Waals surface area contributed by atoms with Gasteiger partial charge in [0, 0.05) is 19.3 Å². The molecule has 0 saturated heterocycles. The molecule has 7 nitrogen and oxygen atoms in total. The van der Waals surface area contributed by atoms with Crippen LogP contribution in [0.2, 0.25) is 0 Å². The van der Waals surface area contributed by atoms with E-state index >= 15 is 0 Å². The number of aryl methyl sites for hydroxylation is 1. The Kier molecular flexibility index (Phi) is 5.23. The van der Waals surface area contributed by atoms with Crippen molar-refractivity contribution in [3.8, 4) is 0 Å². The molecule has 1 N–H and O–H groups in total. The van der Waals surface area contributed by atoms with Gasteiger partial charge in [0.25, 0.3) is 0 Å². The lowest BCUT2D eigenvalue weighted by atomic mass is 10.1. The van der Waals surface area contributed by atoms with E-state index in [0.717, 1.165) is 0 Å². The molecule has 8 heteroatoms. The van der Waals surface area contributed by atoms with Crippen molar-refractivity contribution in [3.05, 3.63) is 70.8 Å². The number of thiazole rings is 1. The third-order valence-electron chi connectivity index (χ3n) is 3.40. The number of carbonyl (C=O) groups excluding carboxylic acids is 2. The molecule has 3 aromatic rings. The molecule has 3 heterocycles. The molecular formula is C18H15N5O2S. The van der Waals surface area contributed by atoms with Crippen molar-refractivity contribution in [1.82, 2.24) is 15.0 Å². The lowest BCUT2D eigenvalue weighted by Gasteiger charge is -2.05. The van der Waals surface area contributed by atoms with Gasteiger partial charge in [-0.2, -0.15) is 5.10 Å². The average molecular weight is 365 g/mol. The van der Waals surface area contributed by atoms with Crippen molar-refractivity contribution in [2.45, 2.75) is 13.8 Å². The first kappa shape index (κ1) is 17.6. The highest BCUT2D eigenvalue weighted by Crippen LogP contribution is 2.23. The minimum absolute atomic E-state index is 0.0634. The second-order valence-corrected chi connectivity index (χ2v) is 6.32. The molecule has 0 unspecified atom stereocenters. The summed E-state index contributed by atoms with van der Waals surface area (Å²) in [7, 11) is 0. The average Bonchev–Trinajstić information content (AvgIpc) is 3.04. The predicted molar refractivity (Wildman–Crippen MR) is 99.8 cm³/mol. The van der Waals surface area contributed by atoms with E-state index in [2.05, 4.69) is 25.5 Å². The van der Waals surface area contributed by atoms with E-state index in [1.807, 2.05) is 0 Å². The maximum Gasteiger partial charge on any atom is 0.233 e. The van der Waals surface area contributed by atoms with E-state index in [1.54, 1.807) is 55.7 Å². The summed E-state index contributed by atoms with van der Waals surface area (Å²) in [4.78, 5) is 37.5. The highest BCUT2D eigenvalue weighted by atomic mass is 32.1. The van der Waals surface area contributed by atoms with Crippen LogP contribution in [0.4, 0.5) is 5.13 Å². The first-order valence-electron chi connectivity index (χ1n) is 7.75. The summed E-state index contributed by atoms with van der Waals surface area (Å²) in [5.74, 6) is -0.427. The molecule has 0 aromatic carbocycles. The number of hydrogen-bond acceptors (Lipinski definition) is 8. The van der Waals surface area contributed by atoms with Crippen molar-refractivity contribution < 1.29 is 9.59 Å². The Morgan fingerprint density at radius 2 is 1.69 bits per heavy atom. The number of ketones is 2. The standard InChI is InChI=1S/C18H15N5O2S/c1-11-17(12(2)24)26-18(21-11)23-22-15(13-7-3-5-9-19-13)16(25)14-8-4-6-10-20-14/h3-10H,1-2H3,(H,21,23)/b22-15-. The van der Waals surface area contributed by atoms with Gasteiger partial charge in [0.1, 0.15) is 5.69 Å². The van der Waals surface area contributed by atoms with Crippen LogP contribution in [-0.2, 0) is 0 Å². The van der Waals surface area contributed by atoms with Crippen LogP contribution in [0.15, 0.2) is 53.9 Å². The Morgan fingerprint density at radius 3 is 2.23 bits per heavy atom. The van der Waals surface area contributed by atoms with Gasteiger partial charge in [-0.1, -0.05) is 23.5 Å². The van der Waals surface area contributed by atoms with E-state index in [1.165, 1.54) is 18.3 Å². The smallest absolute Gasteiger partial charge is 0.233 e. The minimum Gasteiger partial charge on any atom is -0.294 e. The number of Topliss-reactive ketones (excluding diaryl/α,β-unsaturated/α-hetero) is 2. The number of aromatic nitrogens is 3. The summed E-state index contributed by atoms with van der Waals surface area (Å²) < 4.78 is 0. The van der Waals surface area contributed by atoms with Gasteiger partial charge < -0.3 is 0 Å². The molecule has 0 fully saturated rings. The van der Waals surface area contributed by atoms with Crippen LogP contribution in [0.3, 0.4) is 0 Å². The molecular weight excluding hydrogens is 350 g/mol. The van der Waals surface area contributed by atoms with Crippen LogP contribution in [0.5, 0.6) is 0 Å². The molecule has 26 heavy (non-hydrogen) atoms. The fourth-order valence-electron chi connectivity index (χ4n) is 2.22. The monoisotopic (exact) mass is 365 g/mol. The van der Waals surface area contributed by atoms with Gasteiger partial charge in [-0.3, -0.25) is 25.0 Å². The van der Waals surface area contributed by atoms with Crippen LogP contribution < -0.4 is 5.43 Å². The summed E-state index contributed by atoms with van der Waals surface area (Å²) in [5, 5.41) is 4.63. The largest absolute Gasteiger partial charge is 0.294 e. The van der Waals surface area contributed by atoms with E-state index < -0.39 is 0 Å².